The minimum atomic E-state index is -2.95. The Hall–Kier alpha value is -3.16. The van der Waals surface area contributed by atoms with Gasteiger partial charge in [0, 0.05) is 24.0 Å². The molecule has 0 aliphatic carbocycles. The van der Waals surface area contributed by atoms with Gasteiger partial charge in [-0.05, 0) is 50.1 Å². The predicted molar refractivity (Wildman–Crippen MR) is 108 cm³/mol. The Balaban J connectivity index is 1.69. The molecule has 0 saturated carbocycles. The van der Waals surface area contributed by atoms with E-state index >= 15 is 0 Å². The van der Waals surface area contributed by atoms with Crippen LogP contribution in [0.3, 0.4) is 0 Å². The third-order valence-electron chi connectivity index (χ3n) is 5.26. The maximum atomic E-state index is 14.6. The van der Waals surface area contributed by atoms with Crippen LogP contribution in [-0.2, 0) is 4.74 Å². The molecule has 30 heavy (non-hydrogen) atoms. The Morgan fingerprint density at radius 3 is 2.90 bits per heavy atom. The summed E-state index contributed by atoms with van der Waals surface area (Å²) in [5.74, 6) is 0.0460. The zero-order chi connectivity index (χ0) is 21.3. The number of hydrogen-bond acceptors (Lipinski definition) is 4. The second-order valence-corrected chi connectivity index (χ2v) is 7.04. The van der Waals surface area contributed by atoms with E-state index in [1.807, 2.05) is 25.3 Å². The van der Waals surface area contributed by atoms with Gasteiger partial charge in [-0.25, -0.2) is 8.91 Å². The summed E-state index contributed by atoms with van der Waals surface area (Å²) < 4.78 is 51.5. The zero-order valence-electron chi connectivity index (χ0n) is 16.5. The molecular weight excluding hydrogens is 395 g/mol. The van der Waals surface area contributed by atoms with Crippen LogP contribution in [0.1, 0.15) is 36.9 Å². The number of fused-ring (bicyclic) bond motifs is 1. The van der Waals surface area contributed by atoms with Crippen LogP contribution in [0.15, 0.2) is 49.3 Å². The van der Waals surface area contributed by atoms with E-state index in [0.717, 1.165) is 29.7 Å². The van der Waals surface area contributed by atoms with Gasteiger partial charge in [-0.15, -0.1) is 0 Å². The first kappa shape index (κ1) is 20.1. The minimum Gasteiger partial charge on any atom is -0.494 e. The summed E-state index contributed by atoms with van der Waals surface area (Å²) in [5.41, 5.74) is 2.84. The first-order valence-electron chi connectivity index (χ1n) is 9.78. The van der Waals surface area contributed by atoms with Crippen molar-refractivity contribution >= 4 is 17.0 Å². The number of halogens is 3. The fourth-order valence-electron chi connectivity index (χ4n) is 3.97. The molecule has 1 atom stereocenters. The number of benzene rings is 1. The van der Waals surface area contributed by atoms with Gasteiger partial charge >= 0.3 is 6.61 Å². The molecule has 1 aromatic carbocycles. The van der Waals surface area contributed by atoms with Gasteiger partial charge in [0.15, 0.2) is 0 Å². The number of aromatic nitrogens is 2. The number of alkyl halides is 2. The molecule has 0 N–H and O–H groups in total. The monoisotopic (exact) mass is 417 g/mol. The summed E-state index contributed by atoms with van der Waals surface area (Å²) >= 11 is 0. The quantitative estimate of drug-likeness (QED) is 0.481. The molecule has 0 amide bonds. The largest absolute Gasteiger partial charge is 0.494 e. The van der Waals surface area contributed by atoms with E-state index in [9.17, 15) is 13.2 Å². The molecule has 158 valence electrons. The van der Waals surface area contributed by atoms with Crippen LogP contribution in [0, 0.1) is 5.82 Å². The molecule has 1 saturated heterocycles. The van der Waals surface area contributed by atoms with Crippen molar-refractivity contribution in [3.8, 4) is 5.75 Å². The minimum absolute atomic E-state index is 0.0465. The lowest BCUT2D eigenvalue weighted by Gasteiger charge is -2.28. The van der Waals surface area contributed by atoms with Crippen molar-refractivity contribution < 1.29 is 22.6 Å². The second kappa shape index (κ2) is 8.30. The van der Waals surface area contributed by atoms with Crippen LogP contribution < -0.4 is 9.64 Å². The maximum Gasteiger partial charge on any atom is 0.387 e. The van der Waals surface area contributed by atoms with Gasteiger partial charge in [0.25, 0.3) is 0 Å². The number of anilines is 1. The van der Waals surface area contributed by atoms with Crippen LogP contribution in [0.25, 0.3) is 11.3 Å². The molecule has 3 aromatic rings. The summed E-state index contributed by atoms with van der Waals surface area (Å²) in [7, 11) is 0. The third-order valence-corrected chi connectivity index (χ3v) is 5.26. The molecular formula is C22H22F3N3O2. The molecule has 3 heterocycles. The van der Waals surface area contributed by atoms with Crippen molar-refractivity contribution in [3.63, 3.8) is 0 Å². The Labute approximate surface area is 172 Å². The van der Waals surface area contributed by atoms with Gasteiger partial charge in [-0.2, -0.15) is 13.9 Å². The maximum absolute atomic E-state index is 14.6. The van der Waals surface area contributed by atoms with Crippen LogP contribution in [0.2, 0.25) is 0 Å². The number of pyridine rings is 1. The molecule has 1 aliphatic heterocycles. The molecule has 2 aromatic heterocycles. The van der Waals surface area contributed by atoms with Gasteiger partial charge < -0.3 is 14.4 Å². The first-order valence-corrected chi connectivity index (χ1v) is 9.78. The Morgan fingerprint density at radius 1 is 1.30 bits per heavy atom. The van der Waals surface area contributed by atoms with Gasteiger partial charge in [0.2, 0.25) is 0 Å². The van der Waals surface area contributed by atoms with E-state index in [0.29, 0.717) is 24.4 Å². The lowest BCUT2D eigenvalue weighted by molar-refractivity contribution is -0.0499. The van der Waals surface area contributed by atoms with Gasteiger partial charge in [0.1, 0.15) is 17.3 Å². The van der Waals surface area contributed by atoms with Gasteiger partial charge in [0.05, 0.1) is 29.9 Å². The lowest BCUT2D eigenvalue weighted by atomic mass is 10.0. The molecule has 0 bridgehead atoms. The topological polar surface area (TPSA) is 39.0 Å². The van der Waals surface area contributed by atoms with Crippen LogP contribution in [0.5, 0.6) is 5.75 Å². The van der Waals surface area contributed by atoms with E-state index in [-0.39, 0.29) is 11.8 Å². The highest BCUT2D eigenvalue weighted by molar-refractivity contribution is 5.76. The summed E-state index contributed by atoms with van der Waals surface area (Å²) in [4.78, 5) is 2.07. The summed E-state index contributed by atoms with van der Waals surface area (Å²) in [6, 6.07) is 7.34. The molecule has 0 radical (unpaired) electrons. The van der Waals surface area contributed by atoms with Crippen LogP contribution in [0.4, 0.5) is 18.9 Å². The summed E-state index contributed by atoms with van der Waals surface area (Å²) in [5, 5.41) is 4.33. The highest BCUT2D eigenvalue weighted by Crippen LogP contribution is 2.39. The first-order chi connectivity index (χ1) is 14.5. The highest BCUT2D eigenvalue weighted by Gasteiger charge is 2.29. The lowest BCUT2D eigenvalue weighted by Crippen LogP contribution is -2.23. The van der Waals surface area contributed by atoms with Crippen molar-refractivity contribution in [1.29, 1.82) is 0 Å². The molecule has 4 rings (SSSR count). The van der Waals surface area contributed by atoms with Crippen molar-refractivity contribution in [1.82, 2.24) is 9.61 Å². The standard InChI is InChI=1S/C22H22F3N3O2/c1-3-29-14(2)18-13-26-28-10-8-15(11-21(18)28)27-9-4-5-20(27)17-12-16(30-22(24)25)6-7-19(17)23/h6-8,10-13,20,22H,2-5,9H2,1H3/t20-/m1/s1. The normalized spacial score (nSPS) is 16.4. The molecule has 0 unspecified atom stereocenters. The fraction of sp³-hybridized carbons (Fsp3) is 0.318. The number of hydrogen-bond donors (Lipinski definition) is 0. The Bertz CT molecular complexity index is 1070. The van der Waals surface area contributed by atoms with E-state index < -0.39 is 12.4 Å². The highest BCUT2D eigenvalue weighted by atomic mass is 19.3. The Kier molecular flexibility index (Phi) is 5.57. The van der Waals surface area contributed by atoms with Crippen LogP contribution >= 0.6 is 0 Å². The summed E-state index contributed by atoms with van der Waals surface area (Å²) in [6.07, 6.45) is 5.09. The second-order valence-electron chi connectivity index (χ2n) is 7.04. The van der Waals surface area contributed by atoms with E-state index in [4.69, 9.17) is 4.74 Å². The van der Waals surface area contributed by atoms with Crippen molar-refractivity contribution in [3.05, 3.63) is 66.2 Å². The Morgan fingerprint density at radius 2 is 2.13 bits per heavy atom. The van der Waals surface area contributed by atoms with Gasteiger partial charge in [-0.1, -0.05) is 6.58 Å². The number of rotatable bonds is 7. The average Bonchev–Trinajstić information content (AvgIpc) is 3.35. The van der Waals surface area contributed by atoms with Gasteiger partial charge in [-0.3, -0.25) is 0 Å². The van der Waals surface area contributed by atoms with Crippen molar-refractivity contribution in [2.45, 2.75) is 32.4 Å². The number of ether oxygens (including phenoxy) is 2. The van der Waals surface area contributed by atoms with E-state index in [1.54, 1.807) is 10.7 Å². The van der Waals surface area contributed by atoms with E-state index in [2.05, 4.69) is 21.3 Å². The zero-order valence-corrected chi connectivity index (χ0v) is 16.5. The smallest absolute Gasteiger partial charge is 0.387 e. The predicted octanol–water partition coefficient (Wildman–Crippen LogP) is 5.42. The molecule has 1 aliphatic rings. The molecule has 8 heteroatoms. The molecule has 0 spiro atoms. The van der Waals surface area contributed by atoms with E-state index in [1.165, 1.54) is 18.2 Å². The summed E-state index contributed by atoms with van der Waals surface area (Å²) in [6.45, 7) is 4.11. The average molecular weight is 417 g/mol. The fourth-order valence-corrected chi connectivity index (χ4v) is 3.97. The SMILES string of the molecule is C=C(OCC)c1cnn2ccc(N3CCC[C@@H]3c3cc(OC(F)F)ccc3F)cc12. The number of nitrogens with zero attached hydrogens (tertiary/aromatic N) is 3. The van der Waals surface area contributed by atoms with Crippen molar-refractivity contribution in [2.24, 2.45) is 0 Å². The molecule has 5 nitrogen and oxygen atoms in total. The third kappa shape index (κ3) is 3.81. The van der Waals surface area contributed by atoms with Crippen LogP contribution in [-0.4, -0.2) is 29.4 Å². The molecule has 1 fully saturated rings. The van der Waals surface area contributed by atoms with Crippen molar-refractivity contribution in [2.75, 3.05) is 18.1 Å².